The highest BCUT2D eigenvalue weighted by atomic mass is 14.6. The molecule has 1 heterocycles. The van der Waals surface area contributed by atoms with E-state index < -0.39 is 0 Å². The standard InChI is InChI=1S/C11H18BN/c1-3-4-7-11(2,12)10-6-5-8-13-9-10/h5-6,8-9H,3-4,7,12H2,1-2H3. The Hall–Kier alpha value is -0.785. The normalized spacial score (nSPS) is 15.2. The minimum absolute atomic E-state index is 0.282. The van der Waals surface area contributed by atoms with Gasteiger partial charge in [-0.05, 0) is 16.9 Å². The fourth-order valence-electron chi connectivity index (χ4n) is 1.53. The Morgan fingerprint density at radius 1 is 1.54 bits per heavy atom. The molecular formula is C11H18BN. The zero-order valence-electron chi connectivity index (χ0n) is 8.88. The van der Waals surface area contributed by atoms with E-state index in [1.165, 1.54) is 24.8 Å². The number of aromatic nitrogens is 1. The summed E-state index contributed by atoms with van der Waals surface area (Å²) in [5, 5.41) is 0.282. The van der Waals surface area contributed by atoms with Gasteiger partial charge in [0.2, 0.25) is 0 Å². The van der Waals surface area contributed by atoms with E-state index in [2.05, 4.69) is 32.7 Å². The van der Waals surface area contributed by atoms with Crippen molar-refractivity contribution >= 4 is 7.85 Å². The number of nitrogens with zero attached hydrogens (tertiary/aromatic N) is 1. The third-order valence-corrected chi connectivity index (χ3v) is 2.60. The first kappa shape index (κ1) is 10.3. The first-order chi connectivity index (χ1) is 6.17. The summed E-state index contributed by atoms with van der Waals surface area (Å²) in [6.45, 7) is 4.53. The molecule has 13 heavy (non-hydrogen) atoms. The Labute approximate surface area is 82.0 Å². The summed E-state index contributed by atoms with van der Waals surface area (Å²) in [5.41, 5.74) is 1.35. The van der Waals surface area contributed by atoms with E-state index in [0.717, 1.165) is 0 Å². The first-order valence-electron chi connectivity index (χ1n) is 5.07. The molecule has 0 aromatic carbocycles. The van der Waals surface area contributed by atoms with Crippen LogP contribution < -0.4 is 0 Å². The lowest BCUT2D eigenvalue weighted by Crippen LogP contribution is -2.21. The first-order valence-corrected chi connectivity index (χ1v) is 5.07. The minimum Gasteiger partial charge on any atom is -0.264 e. The van der Waals surface area contributed by atoms with Crippen LogP contribution in [0.5, 0.6) is 0 Å². The van der Waals surface area contributed by atoms with Gasteiger partial charge in [0.15, 0.2) is 0 Å². The molecule has 0 aliphatic rings. The van der Waals surface area contributed by atoms with Crippen molar-refractivity contribution in [1.82, 2.24) is 4.98 Å². The molecule has 1 atom stereocenters. The number of pyridine rings is 1. The second-order valence-electron chi connectivity index (χ2n) is 4.23. The molecule has 1 aromatic rings. The monoisotopic (exact) mass is 175 g/mol. The van der Waals surface area contributed by atoms with Crippen molar-refractivity contribution in [2.45, 2.75) is 38.4 Å². The third kappa shape index (κ3) is 2.87. The van der Waals surface area contributed by atoms with Crippen molar-refractivity contribution in [3.05, 3.63) is 30.1 Å². The number of hydrogen-bond acceptors (Lipinski definition) is 1. The van der Waals surface area contributed by atoms with Crippen LogP contribution in [0.4, 0.5) is 0 Å². The molecule has 0 N–H and O–H groups in total. The van der Waals surface area contributed by atoms with Crippen LogP contribution in [0.3, 0.4) is 0 Å². The lowest BCUT2D eigenvalue weighted by Gasteiger charge is -2.24. The van der Waals surface area contributed by atoms with Gasteiger partial charge in [-0.15, -0.1) is 0 Å². The number of unbranched alkanes of at least 4 members (excludes halogenated alkanes) is 1. The quantitative estimate of drug-likeness (QED) is 0.638. The second-order valence-corrected chi connectivity index (χ2v) is 4.23. The maximum Gasteiger partial charge on any atom is 0.114 e. The highest BCUT2D eigenvalue weighted by Gasteiger charge is 2.19. The van der Waals surface area contributed by atoms with E-state index in [4.69, 9.17) is 0 Å². The smallest absolute Gasteiger partial charge is 0.114 e. The molecule has 0 aliphatic heterocycles. The van der Waals surface area contributed by atoms with Crippen molar-refractivity contribution < 1.29 is 0 Å². The van der Waals surface area contributed by atoms with Crippen LogP contribution in [0.1, 0.15) is 38.7 Å². The summed E-state index contributed by atoms with van der Waals surface area (Å²) < 4.78 is 0. The van der Waals surface area contributed by atoms with Crippen LogP contribution in [0.15, 0.2) is 24.5 Å². The van der Waals surface area contributed by atoms with E-state index >= 15 is 0 Å². The van der Waals surface area contributed by atoms with Crippen molar-refractivity contribution in [2.75, 3.05) is 0 Å². The highest BCUT2D eigenvalue weighted by Crippen LogP contribution is 2.24. The van der Waals surface area contributed by atoms with Gasteiger partial charge in [-0.1, -0.05) is 39.2 Å². The molecule has 0 amide bonds. The van der Waals surface area contributed by atoms with Gasteiger partial charge in [-0.2, -0.15) is 0 Å². The largest absolute Gasteiger partial charge is 0.264 e. The van der Waals surface area contributed by atoms with E-state index in [-0.39, 0.29) is 5.31 Å². The topological polar surface area (TPSA) is 12.9 Å². The summed E-state index contributed by atoms with van der Waals surface area (Å²) >= 11 is 0. The molecule has 70 valence electrons. The molecule has 1 unspecified atom stereocenters. The molecule has 0 spiro atoms. The molecule has 1 nitrogen and oxygen atoms in total. The van der Waals surface area contributed by atoms with E-state index in [1.54, 1.807) is 0 Å². The minimum atomic E-state index is 0.282. The summed E-state index contributed by atoms with van der Waals surface area (Å²) in [6.07, 6.45) is 7.62. The van der Waals surface area contributed by atoms with Crippen molar-refractivity contribution in [3.8, 4) is 0 Å². The van der Waals surface area contributed by atoms with Gasteiger partial charge >= 0.3 is 0 Å². The van der Waals surface area contributed by atoms with Gasteiger partial charge in [-0.3, -0.25) is 4.98 Å². The van der Waals surface area contributed by atoms with E-state index in [9.17, 15) is 0 Å². The summed E-state index contributed by atoms with van der Waals surface area (Å²) in [5.74, 6) is 0. The van der Waals surface area contributed by atoms with Crippen molar-refractivity contribution in [2.24, 2.45) is 0 Å². The van der Waals surface area contributed by atoms with Crippen LogP contribution in [0.25, 0.3) is 0 Å². The van der Waals surface area contributed by atoms with Gasteiger partial charge in [-0.25, -0.2) is 0 Å². The number of hydrogen-bond donors (Lipinski definition) is 0. The fourth-order valence-corrected chi connectivity index (χ4v) is 1.53. The summed E-state index contributed by atoms with van der Waals surface area (Å²) in [6, 6.07) is 4.19. The van der Waals surface area contributed by atoms with E-state index in [1.807, 2.05) is 18.5 Å². The Kier molecular flexibility index (Phi) is 3.53. The van der Waals surface area contributed by atoms with Crippen LogP contribution in [0.2, 0.25) is 0 Å². The van der Waals surface area contributed by atoms with Gasteiger partial charge in [0.25, 0.3) is 0 Å². The molecular weight excluding hydrogens is 157 g/mol. The fraction of sp³-hybridized carbons (Fsp3) is 0.545. The molecule has 0 saturated heterocycles. The Balaban J connectivity index is 2.69. The second kappa shape index (κ2) is 4.45. The third-order valence-electron chi connectivity index (χ3n) is 2.60. The average Bonchev–Trinajstić information content (AvgIpc) is 2.16. The van der Waals surface area contributed by atoms with E-state index in [0.29, 0.717) is 0 Å². The average molecular weight is 175 g/mol. The van der Waals surface area contributed by atoms with Crippen LogP contribution >= 0.6 is 0 Å². The Morgan fingerprint density at radius 2 is 2.31 bits per heavy atom. The highest BCUT2D eigenvalue weighted by molar-refractivity contribution is 6.15. The van der Waals surface area contributed by atoms with Crippen LogP contribution in [-0.2, 0) is 5.31 Å². The van der Waals surface area contributed by atoms with Gasteiger partial charge in [0.05, 0.1) is 0 Å². The Morgan fingerprint density at radius 3 is 2.85 bits per heavy atom. The molecule has 0 fully saturated rings. The molecule has 0 aliphatic carbocycles. The predicted molar refractivity (Wildman–Crippen MR) is 59.7 cm³/mol. The van der Waals surface area contributed by atoms with Gasteiger partial charge < -0.3 is 0 Å². The Bertz CT molecular complexity index is 244. The zero-order valence-corrected chi connectivity index (χ0v) is 8.88. The summed E-state index contributed by atoms with van der Waals surface area (Å²) in [7, 11) is 2.29. The zero-order chi connectivity index (χ0) is 9.73. The molecule has 1 aromatic heterocycles. The molecule has 0 bridgehead atoms. The molecule has 1 rings (SSSR count). The maximum atomic E-state index is 4.16. The summed E-state index contributed by atoms with van der Waals surface area (Å²) in [4.78, 5) is 4.16. The van der Waals surface area contributed by atoms with Gasteiger partial charge in [0.1, 0.15) is 7.85 Å². The maximum absolute atomic E-state index is 4.16. The van der Waals surface area contributed by atoms with Crippen LogP contribution in [0, 0.1) is 0 Å². The van der Waals surface area contributed by atoms with Crippen LogP contribution in [-0.4, -0.2) is 12.8 Å². The lowest BCUT2D eigenvalue weighted by atomic mass is 9.63. The molecule has 0 radical (unpaired) electrons. The predicted octanol–water partition coefficient (Wildman–Crippen LogP) is 2.12. The van der Waals surface area contributed by atoms with Crippen molar-refractivity contribution in [1.29, 1.82) is 0 Å². The van der Waals surface area contributed by atoms with Gasteiger partial charge in [0, 0.05) is 12.4 Å². The SMILES string of the molecule is BC(C)(CCCC)c1cccnc1. The lowest BCUT2D eigenvalue weighted by molar-refractivity contribution is 0.565. The molecule has 2 heteroatoms. The van der Waals surface area contributed by atoms with Crippen molar-refractivity contribution in [3.63, 3.8) is 0 Å². The molecule has 0 saturated carbocycles. The number of rotatable bonds is 4.